The van der Waals surface area contributed by atoms with Crippen LogP contribution in [0.3, 0.4) is 0 Å². The maximum absolute atomic E-state index is 12.4. The molecule has 162 valence electrons. The van der Waals surface area contributed by atoms with Gasteiger partial charge in [0.1, 0.15) is 17.4 Å². The van der Waals surface area contributed by atoms with Crippen molar-refractivity contribution in [1.29, 1.82) is 0 Å². The van der Waals surface area contributed by atoms with Gasteiger partial charge in [0.15, 0.2) is 0 Å². The van der Waals surface area contributed by atoms with Crippen LogP contribution >= 0.6 is 0 Å². The Balaban J connectivity index is 1.54. The maximum Gasteiger partial charge on any atom is 0.547 e. The van der Waals surface area contributed by atoms with Crippen molar-refractivity contribution in [3.63, 3.8) is 0 Å². The zero-order valence-corrected chi connectivity index (χ0v) is 16.9. The number of rotatable bonds is 6. The first-order valence-electron chi connectivity index (χ1n) is 10.2. The number of benzene rings is 1. The van der Waals surface area contributed by atoms with E-state index in [0.29, 0.717) is 12.0 Å². The Morgan fingerprint density at radius 2 is 1.97 bits per heavy atom. The van der Waals surface area contributed by atoms with Crippen molar-refractivity contribution in [2.75, 3.05) is 6.79 Å². The quantitative estimate of drug-likeness (QED) is 0.409. The molecule has 3 rings (SSSR count). The van der Waals surface area contributed by atoms with Gasteiger partial charge in [-0.15, -0.1) is 0 Å². The number of ether oxygens (including phenoxy) is 3. The Labute approximate surface area is 175 Å². The van der Waals surface area contributed by atoms with E-state index >= 15 is 0 Å². The molecule has 0 unspecified atom stereocenters. The number of nitrogens with one attached hydrogen (secondary N) is 1. The molecule has 1 aliphatic heterocycles. The van der Waals surface area contributed by atoms with Crippen molar-refractivity contribution in [2.24, 2.45) is 0 Å². The fourth-order valence-electron chi connectivity index (χ4n) is 3.58. The van der Waals surface area contributed by atoms with Gasteiger partial charge in [-0.2, -0.15) is 0 Å². The number of carbonyl (C=O) groups excluding carboxylic acids is 3. The molecule has 0 spiro atoms. The summed E-state index contributed by atoms with van der Waals surface area (Å²) in [6.45, 7) is 1.12. The van der Waals surface area contributed by atoms with Crippen molar-refractivity contribution < 1.29 is 38.3 Å². The molecule has 10 heteroatoms. The van der Waals surface area contributed by atoms with Gasteiger partial charge in [0, 0.05) is 6.42 Å². The number of carbonyl (C=O) groups is 3. The molecule has 2 N–H and O–H groups in total. The lowest BCUT2D eigenvalue weighted by molar-refractivity contribution is -0.121. The van der Waals surface area contributed by atoms with Crippen molar-refractivity contribution >= 4 is 25.2 Å². The molecule has 1 fully saturated rings. The van der Waals surface area contributed by atoms with Crippen LogP contribution in [0.5, 0.6) is 5.75 Å². The van der Waals surface area contributed by atoms with Crippen LogP contribution in [0.1, 0.15) is 61.4 Å². The second kappa shape index (κ2) is 10.3. The highest BCUT2D eigenvalue weighted by Gasteiger charge is 2.37. The van der Waals surface area contributed by atoms with Gasteiger partial charge >= 0.3 is 19.2 Å². The van der Waals surface area contributed by atoms with Gasteiger partial charge in [0.2, 0.25) is 12.7 Å². The molecule has 0 aromatic heterocycles. The maximum atomic E-state index is 12.4. The lowest BCUT2D eigenvalue weighted by atomic mass is 9.72. The van der Waals surface area contributed by atoms with E-state index in [1.807, 2.05) is 0 Å². The third-order valence-corrected chi connectivity index (χ3v) is 5.19. The van der Waals surface area contributed by atoms with Gasteiger partial charge in [0.05, 0.1) is 5.94 Å². The van der Waals surface area contributed by atoms with E-state index in [2.05, 4.69) is 5.32 Å². The summed E-state index contributed by atoms with van der Waals surface area (Å²) in [5.41, 5.74) is 0.741. The van der Waals surface area contributed by atoms with Crippen LogP contribution in [0, 0.1) is 0 Å². The second-order valence-corrected chi connectivity index (χ2v) is 7.36. The number of para-hydroxylation sites is 1. The number of hydrogen-bond donors (Lipinski definition) is 2. The molecule has 1 amide bonds. The van der Waals surface area contributed by atoms with Gasteiger partial charge < -0.3 is 29.2 Å². The van der Waals surface area contributed by atoms with Gasteiger partial charge in [-0.25, -0.2) is 9.59 Å². The predicted octanol–water partition coefficient (Wildman–Crippen LogP) is 2.14. The average molecular weight is 419 g/mol. The first kappa shape index (κ1) is 22.0. The number of esters is 1. The molecule has 0 saturated heterocycles. The van der Waals surface area contributed by atoms with E-state index < -0.39 is 32.0 Å². The van der Waals surface area contributed by atoms with Crippen LogP contribution in [-0.2, 0) is 25.4 Å². The van der Waals surface area contributed by atoms with E-state index in [4.69, 9.17) is 18.9 Å². The van der Waals surface area contributed by atoms with Crippen LogP contribution in [0.25, 0.3) is 0 Å². The van der Waals surface area contributed by atoms with Crippen molar-refractivity contribution in [1.82, 2.24) is 5.32 Å². The fourth-order valence-corrected chi connectivity index (χ4v) is 3.58. The normalized spacial score (nSPS) is 18.6. The summed E-state index contributed by atoms with van der Waals surface area (Å²) in [7, 11) is -1.30. The zero-order chi connectivity index (χ0) is 21.5. The first-order chi connectivity index (χ1) is 14.5. The minimum atomic E-state index is -1.30. The summed E-state index contributed by atoms with van der Waals surface area (Å²) < 4.78 is 20.5. The standard InChI is InChI=1S/C20H26BNO8/c1-2-17(23)22-16-11-13-7-6-10-15(18(13)30-21(16)26)19(24)27-12-28-20(25)29-14-8-4-3-5-9-14/h6-7,10,14,16,26H,2-5,8-9,11-12H2,1H3,(H,22,23)/t16-/m0/s1. The Hall–Kier alpha value is -2.75. The highest BCUT2D eigenvalue weighted by molar-refractivity contribution is 6.47. The number of amides is 1. The van der Waals surface area contributed by atoms with Crippen LogP contribution < -0.4 is 9.97 Å². The molecule has 1 aromatic carbocycles. The molecule has 1 heterocycles. The van der Waals surface area contributed by atoms with Gasteiger partial charge in [-0.1, -0.05) is 25.5 Å². The Morgan fingerprint density at radius 1 is 1.20 bits per heavy atom. The lowest BCUT2D eigenvalue weighted by Gasteiger charge is -2.29. The molecular formula is C20H26BNO8. The Bertz CT molecular complexity index is 780. The number of fused-ring (bicyclic) bond motifs is 1. The summed E-state index contributed by atoms with van der Waals surface area (Å²) in [4.78, 5) is 35.7. The summed E-state index contributed by atoms with van der Waals surface area (Å²) in [6.07, 6.45) is 4.34. The molecule has 9 nitrogen and oxygen atoms in total. The second-order valence-electron chi connectivity index (χ2n) is 7.36. The van der Waals surface area contributed by atoms with Crippen molar-refractivity contribution in [3.05, 3.63) is 29.3 Å². The first-order valence-corrected chi connectivity index (χ1v) is 10.2. The van der Waals surface area contributed by atoms with Crippen LogP contribution in [0.4, 0.5) is 4.79 Å². The SMILES string of the molecule is CCC(=O)N[C@H]1Cc2cccc(C(=O)OCOC(=O)OC3CCCCC3)c2OB1O. The van der Waals surface area contributed by atoms with Gasteiger partial charge in [-0.05, 0) is 43.7 Å². The molecule has 1 aromatic rings. The molecule has 1 aliphatic carbocycles. The van der Waals surface area contributed by atoms with Crippen LogP contribution in [0.2, 0.25) is 0 Å². The van der Waals surface area contributed by atoms with E-state index in [9.17, 15) is 19.4 Å². The van der Waals surface area contributed by atoms with Crippen LogP contribution in [-0.4, -0.2) is 49.0 Å². The Morgan fingerprint density at radius 3 is 2.70 bits per heavy atom. The van der Waals surface area contributed by atoms with E-state index in [-0.39, 0.29) is 29.7 Å². The van der Waals surface area contributed by atoms with Crippen molar-refractivity contribution in [3.8, 4) is 5.75 Å². The minimum absolute atomic E-state index is 0.0936. The topological polar surface area (TPSA) is 120 Å². The molecule has 30 heavy (non-hydrogen) atoms. The highest BCUT2D eigenvalue weighted by Crippen LogP contribution is 2.30. The zero-order valence-electron chi connectivity index (χ0n) is 16.9. The minimum Gasteiger partial charge on any atom is -0.534 e. The summed E-state index contributed by atoms with van der Waals surface area (Å²) >= 11 is 0. The highest BCUT2D eigenvalue weighted by atomic mass is 16.8. The predicted molar refractivity (Wildman–Crippen MR) is 106 cm³/mol. The molecular weight excluding hydrogens is 393 g/mol. The molecule has 1 atom stereocenters. The van der Waals surface area contributed by atoms with E-state index in [0.717, 1.165) is 32.1 Å². The Kier molecular flexibility index (Phi) is 7.56. The summed E-state index contributed by atoms with van der Waals surface area (Å²) in [5.74, 6) is -1.41. The summed E-state index contributed by atoms with van der Waals surface area (Å²) in [5, 5.41) is 12.9. The largest absolute Gasteiger partial charge is 0.547 e. The summed E-state index contributed by atoms with van der Waals surface area (Å²) in [6, 6.07) is 4.87. The third-order valence-electron chi connectivity index (χ3n) is 5.19. The third kappa shape index (κ3) is 5.66. The van der Waals surface area contributed by atoms with Gasteiger partial charge in [0.25, 0.3) is 0 Å². The van der Waals surface area contributed by atoms with E-state index in [1.54, 1.807) is 19.1 Å². The fraction of sp³-hybridized carbons (Fsp3) is 0.550. The molecule has 0 radical (unpaired) electrons. The van der Waals surface area contributed by atoms with Crippen LogP contribution in [0.15, 0.2) is 18.2 Å². The molecule has 0 bridgehead atoms. The van der Waals surface area contributed by atoms with Gasteiger partial charge in [-0.3, -0.25) is 4.79 Å². The van der Waals surface area contributed by atoms with E-state index in [1.165, 1.54) is 6.07 Å². The average Bonchev–Trinajstić information content (AvgIpc) is 2.74. The lowest BCUT2D eigenvalue weighted by Crippen LogP contribution is -2.53. The monoisotopic (exact) mass is 419 g/mol. The molecule has 1 saturated carbocycles. The smallest absolute Gasteiger partial charge is 0.534 e. The van der Waals surface area contributed by atoms with Crippen molar-refractivity contribution in [2.45, 2.75) is 63.9 Å². The number of hydrogen-bond acceptors (Lipinski definition) is 8. The molecule has 2 aliphatic rings.